The van der Waals surface area contributed by atoms with Gasteiger partial charge in [-0.25, -0.2) is 14.4 Å². The van der Waals surface area contributed by atoms with Crippen LogP contribution in [0.25, 0.3) is 0 Å². The first kappa shape index (κ1) is 40.5. The zero-order valence-electron chi connectivity index (χ0n) is 31.9. The fourth-order valence-electron chi connectivity index (χ4n) is 7.91. The molecule has 0 aromatic heterocycles. The van der Waals surface area contributed by atoms with E-state index in [0.717, 1.165) is 25.0 Å². The van der Waals surface area contributed by atoms with Crippen molar-refractivity contribution in [3.63, 3.8) is 0 Å². The Balaban J connectivity index is 1.46. The summed E-state index contributed by atoms with van der Waals surface area (Å²) in [6.45, 7) is 9.10. The van der Waals surface area contributed by atoms with E-state index in [0.29, 0.717) is 43.7 Å². The van der Waals surface area contributed by atoms with Gasteiger partial charge in [0.25, 0.3) is 0 Å². The average molecular weight is 760 g/mol. The first-order valence-electron chi connectivity index (χ1n) is 18.0. The van der Waals surface area contributed by atoms with Gasteiger partial charge in [-0.1, -0.05) is 19.4 Å². The summed E-state index contributed by atoms with van der Waals surface area (Å²) in [7, 11) is 3.43. The molecule has 2 aliphatic carbocycles. The molecule has 7 atom stereocenters. The lowest BCUT2D eigenvalue weighted by molar-refractivity contribution is -0.196. The number of methoxy groups -OCH3 is 1. The van der Waals surface area contributed by atoms with Gasteiger partial charge in [0, 0.05) is 31.9 Å². The predicted molar refractivity (Wildman–Crippen MR) is 185 cm³/mol. The zero-order valence-corrected chi connectivity index (χ0v) is 31.9. The molecule has 2 heterocycles. The highest BCUT2D eigenvalue weighted by Crippen LogP contribution is 2.65. The largest absolute Gasteiger partial charge is 0.493 e. The Hall–Kier alpha value is -4.70. The first-order valence-corrected chi connectivity index (χ1v) is 18.0. The second kappa shape index (κ2) is 15.6. The molecular formula is C38H49NO15. The number of piperidine rings is 1. The monoisotopic (exact) mass is 759 g/mol. The van der Waals surface area contributed by atoms with Crippen molar-refractivity contribution in [1.29, 1.82) is 0 Å². The number of unbranched alkanes of at least 4 members (excludes halogenated alkanes) is 1. The predicted octanol–water partition coefficient (Wildman–Crippen LogP) is 2.37. The molecule has 1 saturated heterocycles. The van der Waals surface area contributed by atoms with Gasteiger partial charge in [-0.3, -0.25) is 14.4 Å². The van der Waals surface area contributed by atoms with Crippen LogP contribution < -0.4 is 9.47 Å². The van der Waals surface area contributed by atoms with Gasteiger partial charge in [0.2, 0.25) is 18.3 Å². The van der Waals surface area contributed by atoms with Gasteiger partial charge in [-0.05, 0) is 71.3 Å². The normalized spacial score (nSPS) is 25.3. The summed E-state index contributed by atoms with van der Waals surface area (Å²) in [5.74, 6) is -6.19. The smallest absolute Gasteiger partial charge is 0.357 e. The van der Waals surface area contributed by atoms with Crippen LogP contribution in [0.15, 0.2) is 24.0 Å². The van der Waals surface area contributed by atoms with E-state index in [9.17, 15) is 33.9 Å². The quantitative estimate of drug-likeness (QED) is 0.165. The molecule has 0 amide bonds. The standard InChI is InChI=1S/C38H49NO15/c1-9-10-17-48-33(43)25(19-27(42)54-36(4,5)6)52-35(45)31(50-21(3)41)30(49-20(2)40)34(44)51-24-13-14-38(46)26-18-22-11-12-23(47-8)29-28(22)37(38,32(24)53-29)15-16-39(26)7/h11-13,25-26,30-32,46H,9-10,14-19H2,1-8H3/t25-,26-,30-,31-,32+,37+,38-/m1/s1. The van der Waals surface area contributed by atoms with E-state index in [-0.39, 0.29) is 24.8 Å². The highest BCUT2D eigenvalue weighted by molar-refractivity contribution is 5.91. The van der Waals surface area contributed by atoms with Crippen molar-refractivity contribution in [2.75, 3.05) is 27.3 Å². The molecule has 296 valence electrons. The molecule has 4 aliphatic rings. The van der Waals surface area contributed by atoms with Crippen LogP contribution in [0, 0.1) is 0 Å². The van der Waals surface area contributed by atoms with Crippen LogP contribution in [0.3, 0.4) is 0 Å². The number of hydrogen-bond acceptors (Lipinski definition) is 16. The second-order valence-corrected chi connectivity index (χ2v) is 15.0. The molecule has 0 radical (unpaired) electrons. The van der Waals surface area contributed by atoms with Gasteiger partial charge in [0.1, 0.15) is 11.4 Å². The number of aliphatic hydroxyl groups is 1. The molecule has 0 unspecified atom stereocenters. The molecule has 1 N–H and O–H groups in total. The average Bonchev–Trinajstić information content (AvgIpc) is 3.44. The fraction of sp³-hybridized carbons (Fsp3) is 0.632. The van der Waals surface area contributed by atoms with Crippen LogP contribution in [0.5, 0.6) is 11.5 Å². The molecule has 2 bridgehead atoms. The van der Waals surface area contributed by atoms with E-state index in [1.54, 1.807) is 26.8 Å². The van der Waals surface area contributed by atoms with E-state index >= 15 is 0 Å². The third-order valence-electron chi connectivity index (χ3n) is 10.1. The minimum atomic E-state index is -2.29. The minimum absolute atomic E-state index is 0.0338. The molecule has 0 saturated carbocycles. The molecule has 16 nitrogen and oxygen atoms in total. The number of likely N-dealkylation sites (tertiary alicyclic amines) is 1. The Morgan fingerprint density at radius 3 is 2.28 bits per heavy atom. The molecule has 16 heteroatoms. The lowest BCUT2D eigenvalue weighted by atomic mass is 9.50. The summed E-state index contributed by atoms with van der Waals surface area (Å²) in [4.78, 5) is 80.4. The maximum atomic E-state index is 14.1. The zero-order chi connectivity index (χ0) is 39.7. The van der Waals surface area contributed by atoms with Crippen molar-refractivity contribution in [3.05, 3.63) is 35.1 Å². The number of benzene rings is 1. The molecule has 2 aliphatic heterocycles. The Bertz CT molecular complexity index is 1710. The number of carbonyl (C=O) groups is 6. The van der Waals surface area contributed by atoms with Crippen molar-refractivity contribution in [2.45, 2.75) is 127 Å². The second-order valence-electron chi connectivity index (χ2n) is 15.0. The maximum absolute atomic E-state index is 14.1. The van der Waals surface area contributed by atoms with Crippen LogP contribution in [-0.4, -0.2) is 115 Å². The number of rotatable bonds is 14. The highest BCUT2D eigenvalue weighted by atomic mass is 16.7. The lowest BCUT2D eigenvalue weighted by Crippen LogP contribution is -2.74. The summed E-state index contributed by atoms with van der Waals surface area (Å²) >= 11 is 0. The molecule has 1 aromatic rings. The van der Waals surface area contributed by atoms with E-state index in [1.807, 2.05) is 20.0 Å². The number of esters is 6. The minimum Gasteiger partial charge on any atom is -0.493 e. The van der Waals surface area contributed by atoms with E-state index in [1.165, 1.54) is 13.2 Å². The number of ether oxygens (including phenoxy) is 8. The topological polar surface area (TPSA) is 200 Å². The molecule has 1 aromatic carbocycles. The molecular weight excluding hydrogens is 710 g/mol. The highest BCUT2D eigenvalue weighted by Gasteiger charge is 2.72. The maximum Gasteiger partial charge on any atom is 0.357 e. The first-order chi connectivity index (χ1) is 25.4. The lowest BCUT2D eigenvalue weighted by Gasteiger charge is -2.61. The van der Waals surface area contributed by atoms with Crippen LogP contribution >= 0.6 is 0 Å². The van der Waals surface area contributed by atoms with Crippen molar-refractivity contribution in [3.8, 4) is 11.5 Å². The summed E-state index contributed by atoms with van der Waals surface area (Å²) in [6, 6.07) is 3.42. The van der Waals surface area contributed by atoms with Crippen LogP contribution in [0.1, 0.15) is 84.8 Å². The van der Waals surface area contributed by atoms with E-state index in [4.69, 9.17) is 37.9 Å². The molecule has 1 fully saturated rings. The number of nitrogens with zero attached hydrogens (tertiary/aromatic N) is 1. The summed E-state index contributed by atoms with van der Waals surface area (Å²) in [5, 5.41) is 12.5. The Morgan fingerprint density at radius 2 is 1.67 bits per heavy atom. The van der Waals surface area contributed by atoms with Crippen molar-refractivity contribution < 1.29 is 71.8 Å². The third-order valence-corrected chi connectivity index (χ3v) is 10.1. The van der Waals surface area contributed by atoms with Crippen LogP contribution in [0.4, 0.5) is 0 Å². The van der Waals surface area contributed by atoms with Crippen molar-refractivity contribution in [2.24, 2.45) is 0 Å². The van der Waals surface area contributed by atoms with Gasteiger partial charge >= 0.3 is 35.8 Å². The Morgan fingerprint density at radius 1 is 1.00 bits per heavy atom. The molecule has 54 heavy (non-hydrogen) atoms. The SMILES string of the molecule is CCCCOC(=O)[C@@H](CC(=O)OC(C)(C)C)OC(=O)[C@H](OC(C)=O)[C@@H](OC(C)=O)C(=O)OC1=CC[C@@]2(O)[C@H]3Cc4ccc(OC)c5c4[C@@]2(CCN3C)[C@H]1O5. The third kappa shape index (κ3) is 7.63. The van der Waals surface area contributed by atoms with Gasteiger partial charge in [-0.2, -0.15) is 0 Å². The fourth-order valence-corrected chi connectivity index (χ4v) is 7.91. The van der Waals surface area contributed by atoms with E-state index < -0.39 is 83.3 Å². The molecule has 1 spiro atoms. The van der Waals surface area contributed by atoms with Gasteiger partial charge in [0.15, 0.2) is 17.6 Å². The molecule has 5 rings (SSSR count). The van der Waals surface area contributed by atoms with E-state index in [2.05, 4.69) is 4.90 Å². The number of hydrogen-bond donors (Lipinski definition) is 1. The van der Waals surface area contributed by atoms with Gasteiger partial charge < -0.3 is 47.9 Å². The van der Waals surface area contributed by atoms with Gasteiger partial charge in [0.05, 0.1) is 31.2 Å². The summed E-state index contributed by atoms with van der Waals surface area (Å²) in [6.07, 6.45) is -4.56. The number of likely N-dealkylation sites (N-methyl/N-ethyl adjacent to an activating group) is 1. The Labute approximate surface area is 313 Å². The van der Waals surface area contributed by atoms with Gasteiger partial charge in [-0.15, -0.1) is 0 Å². The summed E-state index contributed by atoms with van der Waals surface area (Å²) < 4.78 is 44.3. The number of carbonyl (C=O) groups excluding carboxylic acids is 6. The Kier molecular flexibility index (Phi) is 11.7. The van der Waals surface area contributed by atoms with Crippen molar-refractivity contribution >= 4 is 35.8 Å². The van der Waals surface area contributed by atoms with Crippen LogP contribution in [-0.2, 0) is 69.0 Å². The summed E-state index contributed by atoms with van der Waals surface area (Å²) in [5.41, 5.74) is -1.63. The van der Waals surface area contributed by atoms with Crippen LogP contribution in [0.2, 0.25) is 0 Å². The van der Waals surface area contributed by atoms with Crippen molar-refractivity contribution in [1.82, 2.24) is 4.90 Å².